The van der Waals surface area contributed by atoms with E-state index in [1.165, 1.54) is 0 Å². The molecule has 0 aliphatic rings. The van der Waals surface area contributed by atoms with Gasteiger partial charge in [0.1, 0.15) is 5.52 Å². The average Bonchev–Trinajstić information content (AvgIpc) is 2.47. The molecule has 0 amide bonds. The smallest absolute Gasteiger partial charge is 0.329 e. The molecule has 0 aliphatic carbocycles. The Balaban J connectivity index is 1.98. The first kappa shape index (κ1) is 13.5. The van der Waals surface area contributed by atoms with E-state index in [2.05, 4.69) is 19.9 Å². The quantitative estimate of drug-likeness (QED) is 0.736. The van der Waals surface area contributed by atoms with E-state index >= 15 is 0 Å². The molecule has 0 saturated heterocycles. The van der Waals surface area contributed by atoms with Gasteiger partial charge in [-0.15, -0.1) is 4.98 Å². The summed E-state index contributed by atoms with van der Waals surface area (Å²) in [6.07, 6.45) is 1.70. The van der Waals surface area contributed by atoms with Crippen LogP contribution >= 0.6 is 11.6 Å². The lowest BCUT2D eigenvalue weighted by Gasteiger charge is -2.07. The first-order valence-corrected chi connectivity index (χ1v) is 6.70. The van der Waals surface area contributed by atoms with Crippen LogP contribution < -0.4 is 9.47 Å². The maximum atomic E-state index is 5.83. The molecule has 0 radical (unpaired) electrons. The number of halogens is 1. The number of nitrogens with zero attached hydrogens (tertiary/aromatic N) is 4. The van der Waals surface area contributed by atoms with E-state index in [1.807, 2.05) is 31.2 Å². The molecule has 0 atom stereocenters. The van der Waals surface area contributed by atoms with E-state index < -0.39 is 0 Å². The zero-order valence-corrected chi connectivity index (χ0v) is 11.9. The maximum absolute atomic E-state index is 5.83. The molecule has 3 rings (SSSR count). The molecular weight excluding hydrogens is 292 g/mol. The molecule has 0 N–H and O–H groups in total. The van der Waals surface area contributed by atoms with Gasteiger partial charge in [0.2, 0.25) is 5.28 Å². The van der Waals surface area contributed by atoms with Gasteiger partial charge in [0.05, 0.1) is 6.61 Å². The summed E-state index contributed by atoms with van der Waals surface area (Å²) >= 11 is 5.83. The second-order valence-electron chi connectivity index (χ2n) is 4.04. The Bertz CT molecular complexity index is 777. The van der Waals surface area contributed by atoms with Gasteiger partial charge in [-0.25, -0.2) is 0 Å². The summed E-state index contributed by atoms with van der Waals surface area (Å²) in [7, 11) is 0. The number of benzene rings is 1. The average molecular weight is 303 g/mol. The van der Waals surface area contributed by atoms with Crippen molar-refractivity contribution in [1.29, 1.82) is 0 Å². The van der Waals surface area contributed by atoms with E-state index in [1.54, 1.807) is 12.3 Å². The largest absolute Gasteiger partial charge is 0.464 e. The molecule has 21 heavy (non-hydrogen) atoms. The Morgan fingerprint density at radius 1 is 1.05 bits per heavy atom. The van der Waals surface area contributed by atoms with Gasteiger partial charge >= 0.3 is 12.0 Å². The van der Waals surface area contributed by atoms with Crippen molar-refractivity contribution in [2.45, 2.75) is 6.92 Å². The summed E-state index contributed by atoms with van der Waals surface area (Å²) in [4.78, 5) is 16.1. The molecule has 3 aromatic rings. The predicted molar refractivity (Wildman–Crippen MR) is 77.8 cm³/mol. The molecule has 1 aromatic carbocycles. The molecule has 0 fully saturated rings. The number of hydrogen-bond donors (Lipinski definition) is 0. The topological polar surface area (TPSA) is 70.0 Å². The Morgan fingerprint density at radius 3 is 2.71 bits per heavy atom. The third-order valence-corrected chi connectivity index (χ3v) is 2.81. The van der Waals surface area contributed by atoms with Crippen LogP contribution in [-0.4, -0.2) is 26.5 Å². The van der Waals surface area contributed by atoms with Gasteiger partial charge in [0.25, 0.3) is 0 Å². The van der Waals surface area contributed by atoms with Gasteiger partial charge < -0.3 is 9.47 Å². The molecule has 7 heteroatoms. The van der Waals surface area contributed by atoms with Crippen LogP contribution in [0.2, 0.25) is 5.28 Å². The van der Waals surface area contributed by atoms with Gasteiger partial charge in [0.15, 0.2) is 5.75 Å². The van der Waals surface area contributed by atoms with Crippen LogP contribution in [0.5, 0.6) is 17.8 Å². The zero-order valence-electron chi connectivity index (χ0n) is 11.2. The van der Waals surface area contributed by atoms with Crippen molar-refractivity contribution in [1.82, 2.24) is 19.9 Å². The van der Waals surface area contributed by atoms with E-state index in [0.29, 0.717) is 12.4 Å². The van der Waals surface area contributed by atoms with Crippen molar-refractivity contribution >= 4 is 22.5 Å². The monoisotopic (exact) mass is 302 g/mol. The minimum Gasteiger partial charge on any atom is -0.464 e. The minimum absolute atomic E-state index is 0.0108. The van der Waals surface area contributed by atoms with Gasteiger partial charge in [-0.2, -0.15) is 9.97 Å². The van der Waals surface area contributed by atoms with Gasteiger partial charge in [-0.1, -0.05) is 18.2 Å². The molecule has 0 spiro atoms. The SMILES string of the molecule is CCOc1nc(Cl)nc(Oc2cccc3cccnc23)n1. The second-order valence-corrected chi connectivity index (χ2v) is 4.37. The number of aromatic nitrogens is 4. The first-order chi connectivity index (χ1) is 10.3. The van der Waals surface area contributed by atoms with Crippen molar-refractivity contribution in [3.05, 3.63) is 41.8 Å². The summed E-state index contributed by atoms with van der Waals surface area (Å²) in [6.45, 7) is 2.25. The highest BCUT2D eigenvalue weighted by molar-refractivity contribution is 6.28. The molecule has 0 unspecified atom stereocenters. The molecule has 2 heterocycles. The van der Waals surface area contributed by atoms with Crippen LogP contribution in [0.15, 0.2) is 36.5 Å². The zero-order chi connectivity index (χ0) is 14.7. The van der Waals surface area contributed by atoms with Crippen LogP contribution in [0.25, 0.3) is 10.9 Å². The van der Waals surface area contributed by atoms with Crippen LogP contribution in [0.1, 0.15) is 6.92 Å². The van der Waals surface area contributed by atoms with Crippen LogP contribution in [-0.2, 0) is 0 Å². The molecular formula is C14H11ClN4O2. The highest BCUT2D eigenvalue weighted by Crippen LogP contribution is 2.27. The highest BCUT2D eigenvalue weighted by atomic mass is 35.5. The number of fused-ring (bicyclic) bond motifs is 1. The Hall–Kier alpha value is -2.47. The molecule has 6 nitrogen and oxygen atoms in total. The predicted octanol–water partition coefficient (Wildman–Crippen LogP) is 3.26. The number of ether oxygens (including phenoxy) is 2. The third kappa shape index (κ3) is 3.00. The summed E-state index contributed by atoms with van der Waals surface area (Å²) in [6, 6.07) is 9.60. The van der Waals surface area contributed by atoms with E-state index in [9.17, 15) is 0 Å². The third-order valence-electron chi connectivity index (χ3n) is 2.64. The van der Waals surface area contributed by atoms with Gasteiger partial charge in [0, 0.05) is 11.6 Å². The lowest BCUT2D eigenvalue weighted by Crippen LogP contribution is -2.01. The van der Waals surface area contributed by atoms with E-state index in [0.717, 1.165) is 10.9 Å². The van der Waals surface area contributed by atoms with Crippen LogP contribution in [0, 0.1) is 0 Å². The summed E-state index contributed by atoms with van der Waals surface area (Å²) in [5, 5.41) is 0.969. The summed E-state index contributed by atoms with van der Waals surface area (Å²) in [5.74, 6) is 0.540. The Kier molecular flexibility index (Phi) is 3.79. The van der Waals surface area contributed by atoms with Crippen molar-refractivity contribution < 1.29 is 9.47 Å². The van der Waals surface area contributed by atoms with Crippen molar-refractivity contribution in [2.24, 2.45) is 0 Å². The van der Waals surface area contributed by atoms with Gasteiger partial charge in [-0.05, 0) is 30.7 Å². The fourth-order valence-corrected chi connectivity index (χ4v) is 1.96. The molecule has 106 valence electrons. The molecule has 0 saturated carbocycles. The van der Waals surface area contributed by atoms with Crippen LogP contribution in [0.4, 0.5) is 0 Å². The number of para-hydroxylation sites is 1. The first-order valence-electron chi connectivity index (χ1n) is 6.32. The van der Waals surface area contributed by atoms with Crippen LogP contribution in [0.3, 0.4) is 0 Å². The lowest BCUT2D eigenvalue weighted by molar-refractivity contribution is 0.303. The van der Waals surface area contributed by atoms with E-state index in [-0.39, 0.29) is 17.3 Å². The normalized spacial score (nSPS) is 10.6. The molecule has 0 bridgehead atoms. The summed E-state index contributed by atoms with van der Waals surface area (Å²) < 4.78 is 10.9. The number of rotatable bonds is 4. The van der Waals surface area contributed by atoms with Crippen molar-refractivity contribution in [3.8, 4) is 17.8 Å². The lowest BCUT2D eigenvalue weighted by atomic mass is 10.2. The van der Waals surface area contributed by atoms with E-state index in [4.69, 9.17) is 21.1 Å². The second kappa shape index (κ2) is 5.88. The number of hydrogen-bond acceptors (Lipinski definition) is 6. The standard InChI is InChI=1S/C14H11ClN4O2/c1-2-20-13-17-12(15)18-14(19-13)21-10-7-3-5-9-6-4-8-16-11(9)10/h3-8H,2H2,1H3. The van der Waals surface area contributed by atoms with Gasteiger partial charge in [-0.3, -0.25) is 4.98 Å². The van der Waals surface area contributed by atoms with Crippen molar-refractivity contribution in [2.75, 3.05) is 6.61 Å². The number of pyridine rings is 1. The Labute approximate surface area is 125 Å². The summed E-state index contributed by atoms with van der Waals surface area (Å²) in [5.41, 5.74) is 0.717. The highest BCUT2D eigenvalue weighted by Gasteiger charge is 2.10. The Morgan fingerprint density at radius 2 is 1.86 bits per heavy atom. The maximum Gasteiger partial charge on any atom is 0.329 e. The van der Waals surface area contributed by atoms with Crippen molar-refractivity contribution in [3.63, 3.8) is 0 Å². The minimum atomic E-state index is 0.0108. The molecule has 0 aliphatic heterocycles. The molecule has 2 aromatic heterocycles. The fraction of sp³-hybridized carbons (Fsp3) is 0.143. The fourth-order valence-electron chi connectivity index (χ4n) is 1.81.